The van der Waals surface area contributed by atoms with Crippen LogP contribution in [0.4, 0.5) is 0 Å². The molecule has 1 aromatic rings. The molecule has 0 spiro atoms. The summed E-state index contributed by atoms with van der Waals surface area (Å²) in [4.78, 5) is 0. The molecule has 1 heterocycles. The standard InChI is InChI=1S/C14H19NS/c1-10-6-12(10)7-15-14-9-16-8-11-4-2-3-5-13(11)14/h2-5,10,12,14-15H,6-9H2,1H3. The molecule has 0 aromatic heterocycles. The highest BCUT2D eigenvalue weighted by Crippen LogP contribution is 2.38. The second kappa shape index (κ2) is 4.42. The molecule has 16 heavy (non-hydrogen) atoms. The van der Waals surface area contributed by atoms with Crippen LogP contribution in [0.25, 0.3) is 0 Å². The van der Waals surface area contributed by atoms with Gasteiger partial charge < -0.3 is 5.32 Å². The van der Waals surface area contributed by atoms with Crippen LogP contribution in [0.5, 0.6) is 0 Å². The van der Waals surface area contributed by atoms with Gasteiger partial charge >= 0.3 is 0 Å². The van der Waals surface area contributed by atoms with Crippen molar-refractivity contribution in [3.05, 3.63) is 35.4 Å². The number of benzene rings is 1. The summed E-state index contributed by atoms with van der Waals surface area (Å²) >= 11 is 2.06. The van der Waals surface area contributed by atoms with Crippen LogP contribution in [0.3, 0.4) is 0 Å². The molecule has 3 atom stereocenters. The summed E-state index contributed by atoms with van der Waals surface area (Å²) in [5.41, 5.74) is 3.06. The zero-order valence-electron chi connectivity index (χ0n) is 9.78. The number of fused-ring (bicyclic) bond motifs is 1. The van der Waals surface area contributed by atoms with Gasteiger partial charge in [-0.3, -0.25) is 0 Å². The molecule has 1 aliphatic carbocycles. The average molecular weight is 233 g/mol. The Morgan fingerprint density at radius 2 is 2.19 bits per heavy atom. The van der Waals surface area contributed by atoms with E-state index in [-0.39, 0.29) is 0 Å². The largest absolute Gasteiger partial charge is 0.309 e. The van der Waals surface area contributed by atoms with Gasteiger partial charge in [-0.1, -0.05) is 31.2 Å². The van der Waals surface area contributed by atoms with Crippen LogP contribution in [0.1, 0.15) is 30.5 Å². The summed E-state index contributed by atoms with van der Waals surface area (Å²) < 4.78 is 0. The molecule has 2 aliphatic rings. The van der Waals surface area contributed by atoms with Gasteiger partial charge in [0.1, 0.15) is 0 Å². The molecule has 1 saturated carbocycles. The predicted octanol–water partition coefficient (Wildman–Crippen LogP) is 3.22. The summed E-state index contributed by atoms with van der Waals surface area (Å²) in [5.74, 6) is 4.32. The molecule has 1 nitrogen and oxygen atoms in total. The lowest BCUT2D eigenvalue weighted by Crippen LogP contribution is -2.28. The summed E-state index contributed by atoms with van der Waals surface area (Å²) in [5, 5.41) is 3.75. The summed E-state index contributed by atoms with van der Waals surface area (Å²) in [7, 11) is 0. The van der Waals surface area contributed by atoms with Crippen molar-refractivity contribution in [2.24, 2.45) is 11.8 Å². The molecule has 0 amide bonds. The van der Waals surface area contributed by atoms with Crippen LogP contribution >= 0.6 is 11.8 Å². The number of hydrogen-bond acceptors (Lipinski definition) is 2. The van der Waals surface area contributed by atoms with E-state index in [4.69, 9.17) is 0 Å². The van der Waals surface area contributed by atoms with E-state index in [9.17, 15) is 0 Å². The number of thioether (sulfide) groups is 1. The average Bonchev–Trinajstić information content (AvgIpc) is 3.03. The molecule has 86 valence electrons. The van der Waals surface area contributed by atoms with Gasteiger partial charge in [-0.25, -0.2) is 0 Å². The third-order valence-electron chi connectivity index (χ3n) is 3.88. The monoisotopic (exact) mass is 233 g/mol. The lowest BCUT2D eigenvalue weighted by molar-refractivity contribution is 0.536. The first kappa shape index (κ1) is 10.7. The first-order valence-corrected chi connectivity index (χ1v) is 7.39. The smallest absolute Gasteiger partial charge is 0.0415 e. The number of hydrogen-bond donors (Lipinski definition) is 1. The molecule has 3 unspecified atom stereocenters. The van der Waals surface area contributed by atoms with Gasteiger partial charge in [-0.15, -0.1) is 0 Å². The van der Waals surface area contributed by atoms with Gasteiger partial charge in [0.2, 0.25) is 0 Å². The first-order valence-electron chi connectivity index (χ1n) is 6.23. The van der Waals surface area contributed by atoms with Crippen molar-refractivity contribution in [3.8, 4) is 0 Å². The minimum Gasteiger partial charge on any atom is -0.309 e. The Morgan fingerprint density at radius 3 is 3.00 bits per heavy atom. The minimum absolute atomic E-state index is 0.586. The van der Waals surface area contributed by atoms with Gasteiger partial charge in [0, 0.05) is 17.5 Å². The van der Waals surface area contributed by atoms with E-state index < -0.39 is 0 Å². The molecule has 0 bridgehead atoms. The van der Waals surface area contributed by atoms with E-state index in [0.717, 1.165) is 11.8 Å². The van der Waals surface area contributed by atoms with Crippen molar-refractivity contribution in [1.82, 2.24) is 5.32 Å². The van der Waals surface area contributed by atoms with Crippen LogP contribution in [0.2, 0.25) is 0 Å². The maximum atomic E-state index is 3.75. The highest BCUT2D eigenvalue weighted by molar-refractivity contribution is 7.98. The molecule has 1 aromatic carbocycles. The van der Waals surface area contributed by atoms with Crippen molar-refractivity contribution in [1.29, 1.82) is 0 Å². The molecule has 0 saturated heterocycles. The highest BCUT2D eigenvalue weighted by Gasteiger charge is 2.33. The fourth-order valence-corrected chi connectivity index (χ4v) is 3.66. The molecule has 0 radical (unpaired) electrons. The molecule has 2 heteroatoms. The van der Waals surface area contributed by atoms with Crippen LogP contribution in [-0.4, -0.2) is 12.3 Å². The van der Waals surface area contributed by atoms with Gasteiger partial charge in [-0.2, -0.15) is 11.8 Å². The highest BCUT2D eigenvalue weighted by atomic mass is 32.2. The number of nitrogens with one attached hydrogen (secondary N) is 1. The maximum Gasteiger partial charge on any atom is 0.0415 e. The van der Waals surface area contributed by atoms with Crippen LogP contribution < -0.4 is 5.32 Å². The third kappa shape index (κ3) is 2.14. The molecule has 3 rings (SSSR count). The zero-order valence-corrected chi connectivity index (χ0v) is 10.6. The number of rotatable bonds is 3. The van der Waals surface area contributed by atoms with Crippen LogP contribution in [0, 0.1) is 11.8 Å². The van der Waals surface area contributed by atoms with Gasteiger partial charge in [0.25, 0.3) is 0 Å². The molecule has 1 fully saturated rings. The van der Waals surface area contributed by atoms with Gasteiger partial charge in [0.05, 0.1) is 0 Å². The van der Waals surface area contributed by atoms with E-state index in [1.807, 2.05) is 0 Å². The molecular weight excluding hydrogens is 214 g/mol. The fourth-order valence-electron chi connectivity index (χ4n) is 2.53. The van der Waals surface area contributed by atoms with E-state index in [2.05, 4.69) is 48.3 Å². The Hall–Kier alpha value is -0.470. The summed E-state index contributed by atoms with van der Waals surface area (Å²) in [6.45, 7) is 3.57. The fraction of sp³-hybridized carbons (Fsp3) is 0.571. The second-order valence-electron chi connectivity index (χ2n) is 5.15. The molecule has 1 aliphatic heterocycles. The van der Waals surface area contributed by atoms with Crippen LogP contribution in [0.15, 0.2) is 24.3 Å². The maximum absolute atomic E-state index is 3.75. The van der Waals surface area contributed by atoms with E-state index in [1.165, 1.54) is 35.6 Å². The summed E-state index contributed by atoms with van der Waals surface area (Å²) in [6, 6.07) is 9.48. The molecular formula is C14H19NS. The normalized spacial score (nSPS) is 32.2. The van der Waals surface area contributed by atoms with E-state index >= 15 is 0 Å². The van der Waals surface area contributed by atoms with Crippen LogP contribution in [-0.2, 0) is 5.75 Å². The topological polar surface area (TPSA) is 12.0 Å². The summed E-state index contributed by atoms with van der Waals surface area (Å²) in [6.07, 6.45) is 1.43. The Balaban J connectivity index is 1.67. The Kier molecular flexibility index (Phi) is 2.95. The van der Waals surface area contributed by atoms with E-state index in [0.29, 0.717) is 6.04 Å². The lowest BCUT2D eigenvalue weighted by atomic mass is 10.0. The van der Waals surface area contributed by atoms with Crippen molar-refractivity contribution in [2.75, 3.05) is 12.3 Å². The van der Waals surface area contributed by atoms with Crippen molar-refractivity contribution < 1.29 is 0 Å². The lowest BCUT2D eigenvalue weighted by Gasteiger charge is -2.26. The van der Waals surface area contributed by atoms with Crippen molar-refractivity contribution >= 4 is 11.8 Å². The Labute approximate surface area is 102 Å². The first-order chi connectivity index (χ1) is 7.84. The Morgan fingerprint density at radius 1 is 1.38 bits per heavy atom. The predicted molar refractivity (Wildman–Crippen MR) is 70.6 cm³/mol. The zero-order chi connectivity index (χ0) is 11.0. The van der Waals surface area contributed by atoms with Crippen molar-refractivity contribution in [3.63, 3.8) is 0 Å². The van der Waals surface area contributed by atoms with Gasteiger partial charge in [0.15, 0.2) is 0 Å². The minimum atomic E-state index is 0.586. The quantitative estimate of drug-likeness (QED) is 0.860. The SMILES string of the molecule is CC1CC1CNC1CSCc2ccccc21. The van der Waals surface area contributed by atoms with Crippen molar-refractivity contribution in [2.45, 2.75) is 25.1 Å². The third-order valence-corrected chi connectivity index (χ3v) is 4.96. The molecule has 1 N–H and O–H groups in total. The van der Waals surface area contributed by atoms with E-state index in [1.54, 1.807) is 0 Å². The Bertz CT molecular complexity index is 377. The van der Waals surface area contributed by atoms with Gasteiger partial charge in [-0.05, 0) is 35.9 Å². The second-order valence-corrected chi connectivity index (χ2v) is 6.18.